The Kier molecular flexibility index (Phi) is 11.4. The number of aliphatic carboxylic acids is 1. The van der Waals surface area contributed by atoms with Gasteiger partial charge in [-0.2, -0.15) is 0 Å². The van der Waals surface area contributed by atoms with Crippen LogP contribution >= 0.6 is 90.4 Å². The van der Waals surface area contributed by atoms with Crippen LogP contribution in [0, 0.1) is 14.3 Å². The molecule has 0 saturated heterocycles. The first-order valence-electron chi connectivity index (χ1n) is 8.95. The number of hydrogen-bond acceptors (Lipinski definition) is 8. The Morgan fingerprint density at radius 2 is 1.55 bits per heavy atom. The van der Waals surface area contributed by atoms with Crippen LogP contribution in [0.4, 0.5) is 0 Å². The van der Waals surface area contributed by atoms with Crippen LogP contribution in [0.3, 0.4) is 0 Å². The van der Waals surface area contributed by atoms with Gasteiger partial charge >= 0.3 is 11.9 Å². The summed E-state index contributed by atoms with van der Waals surface area (Å²) in [5.41, 5.74) is 1.20. The van der Waals surface area contributed by atoms with Crippen LogP contribution in [0.5, 0.6) is 11.5 Å². The number of halogens is 4. The molecule has 33 heavy (non-hydrogen) atoms. The van der Waals surface area contributed by atoms with Gasteiger partial charge in [0.05, 0.1) is 29.4 Å². The highest BCUT2D eigenvalue weighted by Crippen LogP contribution is 2.34. The van der Waals surface area contributed by atoms with E-state index in [1.807, 2.05) is 73.8 Å². The van der Waals surface area contributed by atoms with Gasteiger partial charge in [-0.25, -0.2) is 9.59 Å². The maximum atomic E-state index is 12.6. The molecule has 0 bridgehead atoms. The van der Waals surface area contributed by atoms with E-state index in [-0.39, 0.29) is 30.1 Å². The van der Waals surface area contributed by atoms with E-state index < -0.39 is 24.5 Å². The van der Waals surface area contributed by atoms with Crippen LogP contribution in [-0.2, 0) is 14.3 Å². The third-order valence-corrected chi connectivity index (χ3v) is 7.42. The van der Waals surface area contributed by atoms with Crippen LogP contribution in [0.1, 0.15) is 26.3 Å². The van der Waals surface area contributed by atoms with Gasteiger partial charge in [-0.1, -0.05) is 12.7 Å². The van der Waals surface area contributed by atoms with Gasteiger partial charge in [0.25, 0.3) is 0 Å². The summed E-state index contributed by atoms with van der Waals surface area (Å²) in [5.74, 6) is -2.02. The lowest BCUT2D eigenvalue weighted by Gasteiger charge is -2.15. The van der Waals surface area contributed by atoms with E-state index in [0.717, 1.165) is 9.13 Å². The van der Waals surface area contributed by atoms with E-state index in [1.165, 1.54) is 7.11 Å². The molecule has 2 aromatic carbocycles. The largest absolute Gasteiger partial charge is 0.546 e. The van der Waals surface area contributed by atoms with Crippen LogP contribution < -0.4 is 14.6 Å². The van der Waals surface area contributed by atoms with E-state index in [1.54, 1.807) is 18.2 Å². The summed E-state index contributed by atoms with van der Waals surface area (Å²) in [6, 6.07) is 5.10. The molecule has 0 aliphatic rings. The van der Waals surface area contributed by atoms with Gasteiger partial charge in [-0.05, 0) is 114 Å². The predicted octanol–water partition coefficient (Wildman–Crippen LogP) is 3.90. The Labute approximate surface area is 244 Å². The molecule has 0 radical (unpaired) electrons. The molecule has 2 aromatic rings. The monoisotopic (exact) mass is 903 g/mol. The summed E-state index contributed by atoms with van der Waals surface area (Å²) in [7, 11) is 1.46. The molecule has 0 spiro atoms. The average molecular weight is 903 g/mol. The molecule has 0 unspecified atom stereocenters. The fraction of sp³-hybridized carbons (Fsp3) is 0.190. The summed E-state index contributed by atoms with van der Waals surface area (Å²) in [4.78, 5) is 35.9. The van der Waals surface area contributed by atoms with E-state index in [2.05, 4.69) is 29.2 Å². The van der Waals surface area contributed by atoms with Crippen molar-refractivity contribution in [3.63, 3.8) is 0 Å². The maximum absolute atomic E-state index is 12.6. The molecule has 0 fully saturated rings. The van der Waals surface area contributed by atoms with Gasteiger partial charge in [0.1, 0.15) is 36.9 Å². The van der Waals surface area contributed by atoms with Crippen LogP contribution in [-0.4, -0.2) is 44.8 Å². The fourth-order valence-corrected chi connectivity index (χ4v) is 7.53. The van der Waals surface area contributed by atoms with Crippen molar-refractivity contribution in [2.75, 3.05) is 26.9 Å². The first-order chi connectivity index (χ1) is 15.6. The number of benzene rings is 2. The smallest absolute Gasteiger partial charge is 0.342 e. The summed E-state index contributed by atoms with van der Waals surface area (Å²) < 4.78 is 23.4. The number of rotatable bonds is 10. The van der Waals surface area contributed by atoms with Gasteiger partial charge < -0.3 is 28.8 Å². The van der Waals surface area contributed by atoms with Gasteiger partial charge in [0.2, 0.25) is 0 Å². The van der Waals surface area contributed by atoms with Crippen molar-refractivity contribution in [3.05, 3.63) is 55.7 Å². The highest BCUT2D eigenvalue weighted by molar-refractivity contribution is 14.1. The van der Waals surface area contributed by atoms with Gasteiger partial charge in [0, 0.05) is 3.57 Å². The number of carbonyl (C=O) groups is 3. The van der Waals surface area contributed by atoms with Crippen LogP contribution in [0.2, 0.25) is 0 Å². The summed E-state index contributed by atoms with van der Waals surface area (Å²) in [6.45, 7) is 2.70. The van der Waals surface area contributed by atoms with Crippen molar-refractivity contribution in [2.24, 2.45) is 0 Å². The number of ether oxygens (including phenoxy) is 4. The standard InChI is InChI=1S/C21H16I4O8/c1-3-10-6-11(18(30-2)13(23)7-10)20(28)31-4-5-32-21(29)16-12(22)8-14(24)19(17(16)25)33-9-15(26)27/h3,6-8H,1,4-5,9H2,2H3,(H,26,27)/p-1. The zero-order valence-electron chi connectivity index (χ0n) is 16.9. The third kappa shape index (κ3) is 7.55. The number of carbonyl (C=O) groups excluding carboxylic acids is 3. The topological polar surface area (TPSA) is 111 Å². The first kappa shape index (κ1) is 28.3. The minimum Gasteiger partial charge on any atom is -0.546 e. The van der Waals surface area contributed by atoms with Crippen molar-refractivity contribution in [1.29, 1.82) is 0 Å². The first-order valence-corrected chi connectivity index (χ1v) is 13.3. The van der Waals surface area contributed by atoms with E-state index in [9.17, 15) is 19.5 Å². The zero-order valence-corrected chi connectivity index (χ0v) is 25.5. The molecule has 0 heterocycles. The molecule has 0 aromatic heterocycles. The SMILES string of the molecule is C=Cc1cc(I)c(OC)c(C(=O)OCCOC(=O)c2c(I)cc(I)c(OCC(=O)[O-])c2I)c1. The number of hydrogen-bond donors (Lipinski definition) is 0. The predicted molar refractivity (Wildman–Crippen MR) is 151 cm³/mol. The van der Waals surface area contributed by atoms with Gasteiger partial charge in [-0.15, -0.1) is 0 Å². The second kappa shape index (κ2) is 13.3. The molecule has 0 aliphatic carbocycles. The van der Waals surface area contributed by atoms with Crippen molar-refractivity contribution in [3.8, 4) is 11.5 Å². The van der Waals surface area contributed by atoms with E-state index in [0.29, 0.717) is 16.5 Å². The molecule has 0 N–H and O–H groups in total. The normalized spacial score (nSPS) is 10.3. The zero-order chi connectivity index (χ0) is 24.7. The second-order valence-corrected chi connectivity index (χ2v) is 10.6. The molecule has 12 heteroatoms. The van der Waals surface area contributed by atoms with Crippen molar-refractivity contribution in [1.82, 2.24) is 0 Å². The lowest BCUT2D eigenvalue weighted by atomic mass is 10.1. The minimum atomic E-state index is -1.38. The summed E-state index contributed by atoms with van der Waals surface area (Å²) >= 11 is 7.91. The molecule has 0 atom stereocenters. The lowest BCUT2D eigenvalue weighted by Crippen LogP contribution is -2.29. The van der Waals surface area contributed by atoms with E-state index in [4.69, 9.17) is 18.9 Å². The van der Waals surface area contributed by atoms with Crippen LogP contribution in [0.15, 0.2) is 24.8 Å². The van der Waals surface area contributed by atoms with Gasteiger partial charge in [-0.3, -0.25) is 0 Å². The van der Waals surface area contributed by atoms with Crippen LogP contribution in [0.25, 0.3) is 6.08 Å². The molecular formula is C21H15I4O8-. The quantitative estimate of drug-likeness (QED) is 0.201. The van der Waals surface area contributed by atoms with Crippen molar-refractivity contribution in [2.45, 2.75) is 0 Å². The van der Waals surface area contributed by atoms with E-state index >= 15 is 0 Å². The Balaban J connectivity index is 2.06. The minimum absolute atomic E-state index is 0.172. The van der Waals surface area contributed by atoms with Gasteiger partial charge in [0.15, 0.2) is 0 Å². The number of carboxylic acids is 1. The summed E-state index contributed by atoms with van der Waals surface area (Å²) in [5, 5.41) is 10.7. The molecule has 2 rings (SSSR count). The lowest BCUT2D eigenvalue weighted by molar-refractivity contribution is -0.307. The highest BCUT2D eigenvalue weighted by Gasteiger charge is 2.23. The van der Waals surface area contributed by atoms with Crippen molar-refractivity contribution >= 4 is 114 Å². The third-order valence-electron chi connectivity index (χ3n) is 3.94. The Hall–Kier alpha value is -0.890. The summed E-state index contributed by atoms with van der Waals surface area (Å²) in [6.07, 6.45) is 1.61. The highest BCUT2D eigenvalue weighted by atomic mass is 127. The Bertz CT molecular complexity index is 1100. The molecule has 0 saturated carbocycles. The van der Waals surface area contributed by atoms with Crippen molar-refractivity contribution < 1.29 is 38.4 Å². The molecule has 8 nitrogen and oxygen atoms in total. The maximum Gasteiger partial charge on any atom is 0.342 e. The Morgan fingerprint density at radius 1 is 0.939 bits per heavy atom. The number of methoxy groups -OCH3 is 1. The molecule has 0 aliphatic heterocycles. The Morgan fingerprint density at radius 3 is 2.12 bits per heavy atom. The molecular weight excluding hydrogens is 888 g/mol. The fourth-order valence-electron chi connectivity index (χ4n) is 2.53. The average Bonchev–Trinajstić information content (AvgIpc) is 2.75. The number of esters is 2. The second-order valence-electron chi connectivity index (χ2n) is 6.08. The molecule has 176 valence electrons. The molecule has 0 amide bonds. The number of carboxylic acid groups (broad SMARTS) is 1.